The molecular weight excluding hydrogens is 210 g/mol. The summed E-state index contributed by atoms with van der Waals surface area (Å²) in [5, 5.41) is 11.3. The third-order valence-electron chi connectivity index (χ3n) is 2.26. The molecule has 1 aromatic heterocycles. The topological polar surface area (TPSA) is 79.5 Å². The fourth-order valence-corrected chi connectivity index (χ4v) is 1.35. The van der Waals surface area contributed by atoms with Crippen molar-refractivity contribution in [3.63, 3.8) is 0 Å². The number of aliphatic carboxylic acids is 1. The second kappa shape index (κ2) is 5.34. The summed E-state index contributed by atoms with van der Waals surface area (Å²) in [7, 11) is 0. The summed E-state index contributed by atoms with van der Waals surface area (Å²) >= 11 is 0. The molecule has 1 aromatic rings. The van der Waals surface area contributed by atoms with E-state index in [4.69, 9.17) is 9.52 Å². The molecule has 0 spiro atoms. The smallest absolute Gasteiger partial charge is 0.316 e. The molecule has 0 saturated heterocycles. The van der Waals surface area contributed by atoms with Crippen molar-refractivity contribution in [3.8, 4) is 0 Å². The monoisotopic (exact) mass is 225 g/mol. The first-order valence-corrected chi connectivity index (χ1v) is 5.10. The standard InChI is InChI=1S/C11H15NO4/c1-3-9(11(14)15)10(13)12-6-8-5-4-7(2)16-8/h4-5,9H,3,6H2,1-2H3,(H,12,13)(H,14,15). The van der Waals surface area contributed by atoms with E-state index in [2.05, 4.69) is 5.32 Å². The van der Waals surface area contributed by atoms with Crippen LogP contribution in [0.2, 0.25) is 0 Å². The summed E-state index contributed by atoms with van der Waals surface area (Å²) in [6.45, 7) is 3.68. The lowest BCUT2D eigenvalue weighted by Crippen LogP contribution is -2.34. The Morgan fingerprint density at radius 2 is 2.19 bits per heavy atom. The van der Waals surface area contributed by atoms with E-state index < -0.39 is 17.8 Å². The van der Waals surface area contributed by atoms with Gasteiger partial charge in [-0.2, -0.15) is 0 Å². The van der Waals surface area contributed by atoms with Crippen LogP contribution in [0.4, 0.5) is 0 Å². The molecule has 0 aromatic carbocycles. The summed E-state index contributed by atoms with van der Waals surface area (Å²) in [5.74, 6) is -1.20. The molecular formula is C11H15NO4. The van der Waals surface area contributed by atoms with Crippen LogP contribution in [0.3, 0.4) is 0 Å². The Morgan fingerprint density at radius 1 is 1.50 bits per heavy atom. The third kappa shape index (κ3) is 3.12. The Bertz CT molecular complexity index is 383. The normalized spacial score (nSPS) is 12.1. The Kier molecular flexibility index (Phi) is 4.10. The molecule has 1 unspecified atom stereocenters. The van der Waals surface area contributed by atoms with Gasteiger partial charge >= 0.3 is 5.97 Å². The lowest BCUT2D eigenvalue weighted by atomic mass is 10.1. The number of hydrogen-bond donors (Lipinski definition) is 2. The maximum atomic E-state index is 11.5. The van der Waals surface area contributed by atoms with Crippen molar-refractivity contribution in [1.29, 1.82) is 0 Å². The average Bonchev–Trinajstić information content (AvgIpc) is 2.62. The van der Waals surface area contributed by atoms with Gasteiger partial charge < -0.3 is 14.8 Å². The molecule has 5 heteroatoms. The van der Waals surface area contributed by atoms with Crippen molar-refractivity contribution < 1.29 is 19.1 Å². The maximum Gasteiger partial charge on any atom is 0.316 e. The number of hydrogen-bond acceptors (Lipinski definition) is 3. The zero-order valence-corrected chi connectivity index (χ0v) is 9.32. The van der Waals surface area contributed by atoms with Crippen molar-refractivity contribution in [2.24, 2.45) is 5.92 Å². The summed E-state index contributed by atoms with van der Waals surface area (Å²) < 4.78 is 5.25. The SMILES string of the molecule is CCC(C(=O)O)C(=O)NCc1ccc(C)o1. The van der Waals surface area contributed by atoms with Gasteiger partial charge in [0.05, 0.1) is 6.54 Å². The van der Waals surface area contributed by atoms with Gasteiger partial charge in [-0.3, -0.25) is 9.59 Å². The van der Waals surface area contributed by atoms with Gasteiger partial charge in [-0.25, -0.2) is 0 Å². The number of carbonyl (C=O) groups excluding carboxylic acids is 1. The molecule has 88 valence electrons. The minimum atomic E-state index is -1.10. The fraction of sp³-hybridized carbons (Fsp3) is 0.455. The van der Waals surface area contributed by atoms with E-state index in [9.17, 15) is 9.59 Å². The molecule has 0 aliphatic carbocycles. The highest BCUT2D eigenvalue weighted by Gasteiger charge is 2.23. The summed E-state index contributed by atoms with van der Waals surface area (Å²) in [6, 6.07) is 3.54. The highest BCUT2D eigenvalue weighted by atomic mass is 16.4. The van der Waals surface area contributed by atoms with Gasteiger partial charge in [0.1, 0.15) is 17.4 Å². The van der Waals surface area contributed by atoms with Crippen LogP contribution >= 0.6 is 0 Å². The largest absolute Gasteiger partial charge is 0.481 e. The van der Waals surface area contributed by atoms with E-state index in [0.717, 1.165) is 5.76 Å². The van der Waals surface area contributed by atoms with Gasteiger partial charge in [0.15, 0.2) is 0 Å². The lowest BCUT2D eigenvalue weighted by molar-refractivity contribution is -0.147. The molecule has 16 heavy (non-hydrogen) atoms. The molecule has 5 nitrogen and oxygen atoms in total. The molecule has 1 atom stereocenters. The van der Waals surface area contributed by atoms with E-state index in [0.29, 0.717) is 5.76 Å². The van der Waals surface area contributed by atoms with Crippen LogP contribution in [-0.2, 0) is 16.1 Å². The van der Waals surface area contributed by atoms with Crippen LogP contribution in [0.25, 0.3) is 0 Å². The number of carbonyl (C=O) groups is 2. The van der Waals surface area contributed by atoms with Crippen LogP contribution in [0, 0.1) is 12.8 Å². The van der Waals surface area contributed by atoms with Gasteiger partial charge in [-0.1, -0.05) is 6.92 Å². The van der Waals surface area contributed by atoms with Gasteiger partial charge in [0.2, 0.25) is 5.91 Å². The molecule has 1 amide bonds. The minimum absolute atomic E-state index is 0.219. The minimum Gasteiger partial charge on any atom is -0.481 e. The Morgan fingerprint density at radius 3 is 2.62 bits per heavy atom. The number of rotatable bonds is 5. The van der Waals surface area contributed by atoms with Gasteiger partial charge in [0, 0.05) is 0 Å². The maximum absolute atomic E-state index is 11.5. The predicted octanol–water partition coefficient (Wildman–Crippen LogP) is 1.32. The highest BCUT2D eigenvalue weighted by molar-refractivity contribution is 5.96. The van der Waals surface area contributed by atoms with Crippen molar-refractivity contribution in [3.05, 3.63) is 23.7 Å². The quantitative estimate of drug-likeness (QED) is 0.740. The van der Waals surface area contributed by atoms with E-state index in [-0.39, 0.29) is 13.0 Å². The van der Waals surface area contributed by atoms with E-state index in [1.165, 1.54) is 0 Å². The second-order valence-corrected chi connectivity index (χ2v) is 3.53. The summed E-state index contributed by atoms with van der Waals surface area (Å²) in [5.41, 5.74) is 0. The van der Waals surface area contributed by atoms with Crippen molar-refractivity contribution >= 4 is 11.9 Å². The average molecular weight is 225 g/mol. The van der Waals surface area contributed by atoms with E-state index in [1.807, 2.05) is 0 Å². The molecule has 1 heterocycles. The highest BCUT2D eigenvalue weighted by Crippen LogP contribution is 2.07. The van der Waals surface area contributed by atoms with E-state index >= 15 is 0 Å². The fourth-order valence-electron chi connectivity index (χ4n) is 1.35. The molecule has 0 aliphatic rings. The Labute approximate surface area is 93.4 Å². The van der Waals surface area contributed by atoms with E-state index in [1.54, 1.807) is 26.0 Å². The number of furan rings is 1. The zero-order chi connectivity index (χ0) is 12.1. The molecule has 2 N–H and O–H groups in total. The first-order chi connectivity index (χ1) is 7.54. The van der Waals surface area contributed by atoms with Crippen molar-refractivity contribution in [2.45, 2.75) is 26.8 Å². The van der Waals surface area contributed by atoms with Gasteiger partial charge in [-0.05, 0) is 25.5 Å². The number of amides is 1. The number of carboxylic acid groups (broad SMARTS) is 1. The molecule has 0 bridgehead atoms. The Hall–Kier alpha value is -1.78. The molecule has 1 rings (SSSR count). The first kappa shape index (κ1) is 12.3. The summed E-state index contributed by atoms with van der Waals surface area (Å²) in [6.07, 6.45) is 0.276. The molecule has 0 fully saturated rings. The molecule has 0 saturated carbocycles. The van der Waals surface area contributed by atoms with Crippen LogP contribution in [-0.4, -0.2) is 17.0 Å². The second-order valence-electron chi connectivity index (χ2n) is 3.53. The van der Waals surface area contributed by atoms with Crippen LogP contribution in [0.5, 0.6) is 0 Å². The first-order valence-electron chi connectivity index (χ1n) is 5.10. The summed E-state index contributed by atoms with van der Waals surface area (Å²) in [4.78, 5) is 22.2. The molecule has 0 aliphatic heterocycles. The van der Waals surface area contributed by atoms with Crippen LogP contribution < -0.4 is 5.32 Å². The van der Waals surface area contributed by atoms with Gasteiger partial charge in [-0.15, -0.1) is 0 Å². The zero-order valence-electron chi connectivity index (χ0n) is 9.32. The number of carboxylic acids is 1. The third-order valence-corrected chi connectivity index (χ3v) is 2.26. The number of aryl methyl sites for hydroxylation is 1. The predicted molar refractivity (Wildman–Crippen MR) is 56.7 cm³/mol. The van der Waals surface area contributed by atoms with Crippen LogP contribution in [0.1, 0.15) is 24.9 Å². The molecule has 0 radical (unpaired) electrons. The van der Waals surface area contributed by atoms with Crippen molar-refractivity contribution in [2.75, 3.05) is 0 Å². The van der Waals surface area contributed by atoms with Crippen LogP contribution in [0.15, 0.2) is 16.5 Å². The van der Waals surface area contributed by atoms with Gasteiger partial charge in [0.25, 0.3) is 0 Å². The number of nitrogens with one attached hydrogen (secondary N) is 1. The Balaban J connectivity index is 2.49. The van der Waals surface area contributed by atoms with Crippen molar-refractivity contribution in [1.82, 2.24) is 5.32 Å². The lowest BCUT2D eigenvalue weighted by Gasteiger charge is -2.09.